The molecule has 28 heavy (non-hydrogen) atoms. The van der Waals surface area contributed by atoms with Gasteiger partial charge >= 0.3 is 5.97 Å². The van der Waals surface area contributed by atoms with E-state index in [1.165, 1.54) is 0 Å². The van der Waals surface area contributed by atoms with Crippen LogP contribution in [-0.4, -0.2) is 23.5 Å². The van der Waals surface area contributed by atoms with Crippen molar-refractivity contribution in [3.8, 4) is 0 Å². The second-order valence-corrected chi connectivity index (χ2v) is 6.84. The van der Waals surface area contributed by atoms with E-state index in [9.17, 15) is 9.59 Å². The van der Waals surface area contributed by atoms with Gasteiger partial charge < -0.3 is 15.0 Å². The van der Waals surface area contributed by atoms with E-state index in [1.54, 1.807) is 0 Å². The van der Waals surface area contributed by atoms with Crippen LogP contribution in [0.15, 0.2) is 60.8 Å². The first-order valence-electron chi connectivity index (χ1n) is 9.72. The number of aromatic nitrogens is 1. The highest BCUT2D eigenvalue weighted by atomic mass is 16.5. The van der Waals surface area contributed by atoms with Crippen LogP contribution in [0.5, 0.6) is 0 Å². The molecule has 0 spiro atoms. The summed E-state index contributed by atoms with van der Waals surface area (Å²) in [6.07, 6.45) is 4.52. The molecular formula is C23H26N2O3. The monoisotopic (exact) mass is 378 g/mol. The van der Waals surface area contributed by atoms with Gasteiger partial charge in [-0.25, -0.2) is 0 Å². The van der Waals surface area contributed by atoms with Crippen molar-refractivity contribution in [1.29, 1.82) is 0 Å². The van der Waals surface area contributed by atoms with Crippen LogP contribution in [0.25, 0.3) is 10.9 Å². The van der Waals surface area contributed by atoms with E-state index in [2.05, 4.69) is 17.2 Å². The lowest BCUT2D eigenvalue weighted by atomic mass is 10.0. The van der Waals surface area contributed by atoms with Gasteiger partial charge in [-0.1, -0.05) is 61.9 Å². The SMILES string of the molecule is CCC[C@H](NC(=O)COC(=O)CCc1c[nH]c2ccccc12)c1ccccc1. The standard InChI is InChI=1S/C23H26N2O3/c1-2-8-20(17-9-4-3-5-10-17)25-22(26)16-28-23(27)14-13-18-15-24-21-12-7-6-11-19(18)21/h3-7,9-12,15,20,24H,2,8,13-14,16H2,1H3,(H,25,26)/t20-/m0/s1. The maximum absolute atomic E-state index is 12.2. The number of carbonyl (C=O) groups excluding carboxylic acids is 2. The molecule has 0 radical (unpaired) electrons. The molecule has 2 aromatic carbocycles. The molecule has 0 aliphatic carbocycles. The summed E-state index contributed by atoms with van der Waals surface area (Å²) in [5.74, 6) is -0.644. The topological polar surface area (TPSA) is 71.2 Å². The van der Waals surface area contributed by atoms with Crippen LogP contribution >= 0.6 is 0 Å². The van der Waals surface area contributed by atoms with Gasteiger partial charge in [0.1, 0.15) is 0 Å². The first kappa shape index (κ1) is 19.7. The summed E-state index contributed by atoms with van der Waals surface area (Å²) >= 11 is 0. The van der Waals surface area contributed by atoms with E-state index in [1.807, 2.05) is 60.8 Å². The number of aromatic amines is 1. The summed E-state index contributed by atoms with van der Waals surface area (Å²) in [6, 6.07) is 17.7. The molecule has 0 saturated carbocycles. The molecule has 1 atom stereocenters. The van der Waals surface area contributed by atoms with Crippen LogP contribution in [-0.2, 0) is 20.7 Å². The zero-order valence-electron chi connectivity index (χ0n) is 16.1. The molecule has 3 rings (SSSR count). The lowest BCUT2D eigenvalue weighted by molar-refractivity contribution is -0.148. The zero-order valence-corrected chi connectivity index (χ0v) is 16.1. The number of H-pyrrole nitrogens is 1. The number of hydrogen-bond donors (Lipinski definition) is 2. The number of esters is 1. The molecule has 5 nitrogen and oxygen atoms in total. The molecule has 1 aromatic heterocycles. The van der Waals surface area contributed by atoms with Crippen molar-refractivity contribution >= 4 is 22.8 Å². The predicted molar refractivity (Wildman–Crippen MR) is 110 cm³/mol. The maximum Gasteiger partial charge on any atom is 0.306 e. The van der Waals surface area contributed by atoms with Crippen molar-refractivity contribution in [3.05, 3.63) is 71.9 Å². The summed E-state index contributed by atoms with van der Waals surface area (Å²) < 4.78 is 5.17. The van der Waals surface area contributed by atoms with Crippen molar-refractivity contribution in [1.82, 2.24) is 10.3 Å². The molecule has 0 bridgehead atoms. The van der Waals surface area contributed by atoms with E-state index in [4.69, 9.17) is 4.74 Å². The Labute approximate surface area is 165 Å². The minimum absolute atomic E-state index is 0.0661. The summed E-state index contributed by atoms with van der Waals surface area (Å²) in [6.45, 7) is 1.83. The molecule has 0 aliphatic rings. The molecule has 0 aliphatic heterocycles. The third-order valence-electron chi connectivity index (χ3n) is 4.75. The number of para-hydroxylation sites is 1. The van der Waals surface area contributed by atoms with Gasteiger partial charge in [0, 0.05) is 23.5 Å². The molecule has 0 saturated heterocycles. The van der Waals surface area contributed by atoms with Gasteiger partial charge in [0.2, 0.25) is 0 Å². The van der Waals surface area contributed by atoms with Crippen LogP contribution in [0.3, 0.4) is 0 Å². The highest BCUT2D eigenvalue weighted by Crippen LogP contribution is 2.19. The van der Waals surface area contributed by atoms with Gasteiger partial charge in [-0.15, -0.1) is 0 Å². The van der Waals surface area contributed by atoms with E-state index in [0.717, 1.165) is 34.9 Å². The van der Waals surface area contributed by atoms with Crippen molar-refractivity contribution < 1.29 is 14.3 Å². The lowest BCUT2D eigenvalue weighted by Crippen LogP contribution is -2.32. The van der Waals surface area contributed by atoms with Gasteiger partial charge in [0.05, 0.1) is 6.04 Å². The number of hydrogen-bond acceptors (Lipinski definition) is 3. The fourth-order valence-corrected chi connectivity index (χ4v) is 3.33. The van der Waals surface area contributed by atoms with Gasteiger partial charge in [-0.3, -0.25) is 9.59 Å². The van der Waals surface area contributed by atoms with E-state index >= 15 is 0 Å². The Bertz CT molecular complexity index is 918. The molecule has 5 heteroatoms. The van der Waals surface area contributed by atoms with Crippen LogP contribution in [0.2, 0.25) is 0 Å². The Morgan fingerprint density at radius 1 is 1.07 bits per heavy atom. The molecule has 3 aromatic rings. The van der Waals surface area contributed by atoms with Gasteiger partial charge in [0.15, 0.2) is 6.61 Å². The fourth-order valence-electron chi connectivity index (χ4n) is 3.33. The lowest BCUT2D eigenvalue weighted by Gasteiger charge is -2.18. The van der Waals surface area contributed by atoms with Gasteiger partial charge in [0.25, 0.3) is 5.91 Å². The fraction of sp³-hybridized carbons (Fsp3) is 0.304. The van der Waals surface area contributed by atoms with Crippen molar-refractivity contribution in [2.45, 2.75) is 38.6 Å². The number of benzene rings is 2. The molecule has 1 amide bonds. The van der Waals surface area contributed by atoms with Crippen molar-refractivity contribution in [2.75, 3.05) is 6.61 Å². The molecule has 0 unspecified atom stereocenters. The maximum atomic E-state index is 12.2. The Morgan fingerprint density at radius 3 is 2.61 bits per heavy atom. The van der Waals surface area contributed by atoms with Gasteiger partial charge in [-0.2, -0.15) is 0 Å². The number of aryl methyl sites for hydroxylation is 1. The normalized spacial score (nSPS) is 11.9. The first-order chi connectivity index (χ1) is 13.7. The average Bonchev–Trinajstić information content (AvgIpc) is 3.14. The third-order valence-corrected chi connectivity index (χ3v) is 4.75. The highest BCUT2D eigenvalue weighted by molar-refractivity contribution is 5.84. The number of fused-ring (bicyclic) bond motifs is 1. The minimum Gasteiger partial charge on any atom is -0.456 e. The highest BCUT2D eigenvalue weighted by Gasteiger charge is 2.15. The second kappa shape index (κ2) is 9.74. The third kappa shape index (κ3) is 5.22. The number of amides is 1. The second-order valence-electron chi connectivity index (χ2n) is 6.84. The molecule has 146 valence electrons. The van der Waals surface area contributed by atoms with Crippen LogP contribution in [0.1, 0.15) is 43.4 Å². The Morgan fingerprint density at radius 2 is 1.82 bits per heavy atom. The number of carbonyl (C=O) groups is 2. The van der Waals surface area contributed by atoms with Crippen LogP contribution < -0.4 is 5.32 Å². The van der Waals surface area contributed by atoms with Crippen LogP contribution in [0.4, 0.5) is 0 Å². The van der Waals surface area contributed by atoms with E-state index in [-0.39, 0.29) is 30.9 Å². The smallest absolute Gasteiger partial charge is 0.306 e. The molecule has 0 fully saturated rings. The number of rotatable bonds is 9. The molecule has 1 heterocycles. The van der Waals surface area contributed by atoms with Crippen LogP contribution in [0, 0.1) is 0 Å². The molecular weight excluding hydrogens is 352 g/mol. The summed E-state index contributed by atoms with van der Waals surface area (Å²) in [5, 5.41) is 4.07. The number of nitrogens with one attached hydrogen (secondary N) is 2. The Kier molecular flexibility index (Phi) is 6.84. The van der Waals surface area contributed by atoms with Crippen molar-refractivity contribution in [3.63, 3.8) is 0 Å². The van der Waals surface area contributed by atoms with Crippen molar-refractivity contribution in [2.24, 2.45) is 0 Å². The minimum atomic E-state index is -0.368. The predicted octanol–water partition coefficient (Wildman–Crippen LogP) is 4.30. The summed E-state index contributed by atoms with van der Waals surface area (Å²) in [7, 11) is 0. The van der Waals surface area contributed by atoms with E-state index < -0.39 is 0 Å². The quantitative estimate of drug-likeness (QED) is 0.545. The Balaban J connectivity index is 1.46. The van der Waals surface area contributed by atoms with E-state index in [0.29, 0.717) is 6.42 Å². The molecule has 2 N–H and O–H groups in total. The zero-order chi connectivity index (χ0) is 19.8. The first-order valence-corrected chi connectivity index (χ1v) is 9.72. The average molecular weight is 378 g/mol. The van der Waals surface area contributed by atoms with Gasteiger partial charge in [-0.05, 0) is 30.0 Å². The number of ether oxygens (including phenoxy) is 1. The Hall–Kier alpha value is -3.08. The largest absolute Gasteiger partial charge is 0.456 e. The summed E-state index contributed by atoms with van der Waals surface area (Å²) in [5.41, 5.74) is 3.18. The summed E-state index contributed by atoms with van der Waals surface area (Å²) in [4.78, 5) is 27.5.